The Labute approximate surface area is 164 Å². The van der Waals surface area contributed by atoms with Crippen LogP contribution in [0.3, 0.4) is 0 Å². The van der Waals surface area contributed by atoms with Gasteiger partial charge in [-0.2, -0.15) is 0 Å². The van der Waals surface area contributed by atoms with Gasteiger partial charge in [-0.05, 0) is 47.5 Å². The van der Waals surface area contributed by atoms with Crippen LogP contribution in [0.25, 0.3) is 10.9 Å². The maximum atomic E-state index is 13.5. The Balaban J connectivity index is 1.71. The van der Waals surface area contributed by atoms with Crippen LogP contribution in [0.15, 0.2) is 77.9 Å². The lowest BCUT2D eigenvalue weighted by Gasteiger charge is -2.12. The molecule has 0 spiro atoms. The number of fused-ring (bicyclic) bond motifs is 1. The molecule has 0 amide bonds. The van der Waals surface area contributed by atoms with Crippen LogP contribution in [0.4, 0.5) is 17.6 Å². The van der Waals surface area contributed by atoms with Crippen LogP contribution in [-0.4, -0.2) is 4.57 Å². The first-order valence-corrected chi connectivity index (χ1v) is 8.98. The Morgan fingerprint density at radius 2 is 1.34 bits per heavy atom. The van der Waals surface area contributed by atoms with Crippen molar-refractivity contribution in [2.45, 2.75) is 13.1 Å². The summed E-state index contributed by atoms with van der Waals surface area (Å²) >= 11 is 0. The van der Waals surface area contributed by atoms with E-state index in [0.29, 0.717) is 23.0 Å². The molecular formula is C23H16F4N2. The summed E-state index contributed by atoms with van der Waals surface area (Å²) in [5, 5.41) is 1.56. The summed E-state index contributed by atoms with van der Waals surface area (Å²) in [7, 11) is 0. The molecule has 4 aromatic rings. The highest BCUT2D eigenvalue weighted by Crippen LogP contribution is 2.15. The van der Waals surface area contributed by atoms with Gasteiger partial charge in [0.1, 0.15) is 0 Å². The average Bonchev–Trinajstić information content (AvgIpc) is 2.72. The van der Waals surface area contributed by atoms with E-state index in [1.54, 1.807) is 6.07 Å². The van der Waals surface area contributed by atoms with Gasteiger partial charge in [0.05, 0.1) is 17.4 Å². The Hall–Kier alpha value is -3.41. The molecule has 4 rings (SSSR count). The minimum absolute atomic E-state index is 0.203. The zero-order valence-corrected chi connectivity index (χ0v) is 15.2. The first kappa shape index (κ1) is 18.9. The second-order valence-electron chi connectivity index (χ2n) is 6.66. The average molecular weight is 396 g/mol. The van der Waals surface area contributed by atoms with E-state index in [-0.39, 0.29) is 6.54 Å². The molecule has 146 valence electrons. The summed E-state index contributed by atoms with van der Waals surface area (Å²) in [6.45, 7) is 0.565. The number of hydrogen-bond acceptors (Lipinski definition) is 1. The summed E-state index contributed by atoms with van der Waals surface area (Å²) in [5.74, 6) is -3.56. The lowest BCUT2D eigenvalue weighted by Crippen LogP contribution is -2.11. The monoisotopic (exact) mass is 396 g/mol. The number of para-hydroxylation sites is 1. The van der Waals surface area contributed by atoms with Crippen molar-refractivity contribution in [1.29, 1.82) is 0 Å². The number of halogens is 4. The first-order chi connectivity index (χ1) is 14.0. The highest BCUT2D eigenvalue weighted by molar-refractivity contribution is 5.78. The Kier molecular flexibility index (Phi) is 5.16. The number of rotatable bonds is 4. The predicted octanol–water partition coefficient (Wildman–Crippen LogP) is 5.35. The first-order valence-electron chi connectivity index (χ1n) is 8.98. The fraction of sp³-hybridized carbons (Fsp3) is 0.0870. The molecule has 0 N–H and O–H groups in total. The molecule has 0 saturated heterocycles. The van der Waals surface area contributed by atoms with Crippen molar-refractivity contribution in [3.63, 3.8) is 0 Å². The van der Waals surface area contributed by atoms with E-state index < -0.39 is 23.3 Å². The molecule has 0 fully saturated rings. The van der Waals surface area contributed by atoms with Crippen LogP contribution in [-0.2, 0) is 13.1 Å². The van der Waals surface area contributed by atoms with Crippen molar-refractivity contribution in [2.24, 2.45) is 4.99 Å². The third kappa shape index (κ3) is 4.06. The van der Waals surface area contributed by atoms with Gasteiger partial charge in [0.15, 0.2) is 23.3 Å². The Morgan fingerprint density at radius 3 is 2.07 bits per heavy atom. The highest BCUT2D eigenvalue weighted by Gasteiger charge is 2.06. The summed E-state index contributed by atoms with van der Waals surface area (Å²) in [6, 6.07) is 16.9. The molecule has 2 nitrogen and oxygen atoms in total. The normalized spacial score (nSPS) is 11.9. The Bertz CT molecular complexity index is 1260. The van der Waals surface area contributed by atoms with Crippen LogP contribution in [0, 0.1) is 23.3 Å². The van der Waals surface area contributed by atoms with E-state index in [4.69, 9.17) is 0 Å². The highest BCUT2D eigenvalue weighted by atomic mass is 19.2. The fourth-order valence-corrected chi connectivity index (χ4v) is 3.20. The number of aromatic nitrogens is 1. The van der Waals surface area contributed by atoms with Crippen LogP contribution in [0.1, 0.15) is 11.1 Å². The quantitative estimate of drug-likeness (QED) is 0.414. The van der Waals surface area contributed by atoms with E-state index in [9.17, 15) is 17.6 Å². The second-order valence-corrected chi connectivity index (χ2v) is 6.66. The summed E-state index contributed by atoms with van der Waals surface area (Å²) in [4.78, 5) is 4.54. The lowest BCUT2D eigenvalue weighted by molar-refractivity contribution is 0.506. The molecule has 3 aromatic carbocycles. The molecule has 0 bridgehead atoms. The molecule has 0 radical (unpaired) electrons. The van der Waals surface area contributed by atoms with Gasteiger partial charge in [-0.15, -0.1) is 0 Å². The van der Waals surface area contributed by atoms with Gasteiger partial charge in [-0.25, -0.2) is 17.6 Å². The van der Waals surface area contributed by atoms with Crippen molar-refractivity contribution in [3.05, 3.63) is 113 Å². The van der Waals surface area contributed by atoms with E-state index in [1.807, 2.05) is 41.1 Å². The van der Waals surface area contributed by atoms with Crippen molar-refractivity contribution in [3.8, 4) is 0 Å². The summed E-state index contributed by atoms with van der Waals surface area (Å²) in [6.07, 6.45) is 1.81. The molecule has 1 aromatic heterocycles. The minimum atomic E-state index is -0.903. The van der Waals surface area contributed by atoms with E-state index in [1.165, 1.54) is 12.1 Å². The summed E-state index contributed by atoms with van der Waals surface area (Å²) in [5.41, 5.74) is 2.06. The third-order valence-electron chi connectivity index (χ3n) is 4.65. The molecule has 0 saturated carbocycles. The molecule has 0 aliphatic heterocycles. The van der Waals surface area contributed by atoms with Gasteiger partial charge >= 0.3 is 0 Å². The van der Waals surface area contributed by atoms with Crippen molar-refractivity contribution < 1.29 is 17.6 Å². The molecule has 0 aliphatic rings. The maximum Gasteiger partial charge on any atom is 0.159 e. The number of benzene rings is 3. The molecule has 0 aliphatic carbocycles. The zero-order valence-electron chi connectivity index (χ0n) is 15.2. The smallest absolute Gasteiger partial charge is 0.159 e. The van der Waals surface area contributed by atoms with Crippen LogP contribution < -0.4 is 5.36 Å². The second kappa shape index (κ2) is 7.91. The van der Waals surface area contributed by atoms with Gasteiger partial charge in [0.2, 0.25) is 0 Å². The molecule has 0 atom stereocenters. The predicted molar refractivity (Wildman–Crippen MR) is 103 cm³/mol. The fourth-order valence-electron chi connectivity index (χ4n) is 3.20. The largest absolute Gasteiger partial charge is 0.343 e. The van der Waals surface area contributed by atoms with Gasteiger partial charge < -0.3 is 4.57 Å². The van der Waals surface area contributed by atoms with Crippen molar-refractivity contribution in [2.75, 3.05) is 0 Å². The summed E-state index contributed by atoms with van der Waals surface area (Å²) < 4.78 is 55.1. The Morgan fingerprint density at radius 1 is 0.690 bits per heavy atom. The zero-order chi connectivity index (χ0) is 20.4. The van der Waals surface area contributed by atoms with Gasteiger partial charge in [0, 0.05) is 18.1 Å². The number of pyridine rings is 1. The van der Waals surface area contributed by atoms with E-state index in [0.717, 1.165) is 29.1 Å². The molecule has 1 heterocycles. The van der Waals surface area contributed by atoms with Crippen LogP contribution in [0.2, 0.25) is 0 Å². The molecule has 29 heavy (non-hydrogen) atoms. The molecular weight excluding hydrogens is 380 g/mol. The number of nitrogens with zero attached hydrogens (tertiary/aromatic N) is 2. The standard InChI is InChI=1S/C23H16F4N2/c24-18-7-5-15(11-20(18)26)13-28-22-9-10-29(23-4-2-1-3-17(22)23)14-16-6-8-19(25)21(27)12-16/h1-12H,13-14H2/b28-22+. The van der Waals surface area contributed by atoms with E-state index in [2.05, 4.69) is 4.99 Å². The van der Waals surface area contributed by atoms with Gasteiger partial charge in [0.25, 0.3) is 0 Å². The maximum absolute atomic E-state index is 13.5. The third-order valence-corrected chi connectivity index (χ3v) is 4.65. The molecule has 0 unspecified atom stereocenters. The van der Waals surface area contributed by atoms with Crippen LogP contribution in [0.5, 0.6) is 0 Å². The van der Waals surface area contributed by atoms with Gasteiger partial charge in [-0.1, -0.05) is 30.3 Å². The molecule has 6 heteroatoms. The van der Waals surface area contributed by atoms with Crippen LogP contribution >= 0.6 is 0 Å². The van der Waals surface area contributed by atoms with Gasteiger partial charge in [-0.3, -0.25) is 4.99 Å². The topological polar surface area (TPSA) is 17.3 Å². The van der Waals surface area contributed by atoms with Crippen molar-refractivity contribution in [1.82, 2.24) is 4.57 Å². The lowest BCUT2D eigenvalue weighted by atomic mass is 10.1. The van der Waals surface area contributed by atoms with Crippen molar-refractivity contribution >= 4 is 10.9 Å². The SMILES string of the molecule is Fc1ccc(C/N=c2\ccn(Cc3ccc(F)c(F)c3)c3ccccc23)cc1F. The number of hydrogen-bond donors (Lipinski definition) is 0. The van der Waals surface area contributed by atoms with E-state index >= 15 is 0 Å². The minimum Gasteiger partial charge on any atom is -0.343 e.